The minimum absolute atomic E-state index is 0.00879. The van der Waals surface area contributed by atoms with Crippen LogP contribution in [0, 0.1) is 19.8 Å². The van der Waals surface area contributed by atoms with Crippen LogP contribution in [0.15, 0.2) is 30.3 Å². The molecule has 120 valence electrons. The van der Waals surface area contributed by atoms with Crippen molar-refractivity contribution >= 4 is 28.3 Å². The van der Waals surface area contributed by atoms with Gasteiger partial charge in [-0.3, -0.25) is 9.59 Å². The molecule has 0 radical (unpaired) electrons. The molecule has 2 atom stereocenters. The monoisotopic (exact) mass is 329 g/mol. The molecule has 1 aliphatic heterocycles. The number of anilines is 1. The molecule has 1 aromatic carbocycles. The average Bonchev–Trinajstić information content (AvgIpc) is 3.00. The van der Waals surface area contributed by atoms with E-state index in [0.29, 0.717) is 5.13 Å². The number of rotatable bonds is 3. The van der Waals surface area contributed by atoms with Crippen molar-refractivity contribution in [3.8, 4) is 0 Å². The summed E-state index contributed by atoms with van der Waals surface area (Å²) < 4.78 is 0. The van der Waals surface area contributed by atoms with Crippen LogP contribution in [-0.4, -0.2) is 28.7 Å². The zero-order chi connectivity index (χ0) is 16.6. The molecule has 2 amide bonds. The maximum atomic E-state index is 12.7. The third kappa shape index (κ3) is 2.99. The summed E-state index contributed by atoms with van der Waals surface area (Å²) in [5, 5.41) is 3.47. The normalized spacial score (nSPS) is 20.8. The molecule has 0 saturated carbocycles. The average molecular weight is 329 g/mol. The highest BCUT2D eigenvalue weighted by Gasteiger charge is 2.42. The number of nitrogens with one attached hydrogen (secondary N) is 1. The highest BCUT2D eigenvalue weighted by Crippen LogP contribution is 2.37. The van der Waals surface area contributed by atoms with Gasteiger partial charge >= 0.3 is 0 Å². The van der Waals surface area contributed by atoms with Gasteiger partial charge in [0.25, 0.3) is 0 Å². The highest BCUT2D eigenvalue weighted by atomic mass is 32.1. The highest BCUT2D eigenvalue weighted by molar-refractivity contribution is 7.15. The Balaban J connectivity index is 1.84. The molecular formula is C17H19N3O2S. The molecule has 3 rings (SSSR count). The van der Waals surface area contributed by atoms with Gasteiger partial charge in [-0.2, -0.15) is 0 Å². The molecule has 6 heteroatoms. The van der Waals surface area contributed by atoms with Crippen LogP contribution >= 0.6 is 11.3 Å². The number of aryl methyl sites for hydroxylation is 2. The number of amides is 2. The smallest absolute Gasteiger partial charge is 0.232 e. The van der Waals surface area contributed by atoms with Gasteiger partial charge in [-0.15, -0.1) is 11.3 Å². The first-order valence-electron chi connectivity index (χ1n) is 7.53. The van der Waals surface area contributed by atoms with Crippen LogP contribution in [-0.2, 0) is 9.59 Å². The Hall–Kier alpha value is -2.21. The number of thiazole rings is 1. The number of benzene rings is 1. The van der Waals surface area contributed by atoms with Crippen LogP contribution in [0.3, 0.4) is 0 Å². The number of likely N-dealkylation sites (tertiary alicyclic amines) is 1. The summed E-state index contributed by atoms with van der Waals surface area (Å²) in [5.74, 6) is -0.560. The number of hydrogen-bond donors (Lipinski definition) is 1. The van der Waals surface area contributed by atoms with Crippen LogP contribution < -0.4 is 5.32 Å². The van der Waals surface area contributed by atoms with Gasteiger partial charge in [0.2, 0.25) is 11.8 Å². The van der Waals surface area contributed by atoms with Crippen LogP contribution in [0.4, 0.5) is 5.13 Å². The van der Waals surface area contributed by atoms with Gasteiger partial charge in [0, 0.05) is 18.3 Å². The van der Waals surface area contributed by atoms with E-state index in [2.05, 4.69) is 10.3 Å². The van der Waals surface area contributed by atoms with Crippen LogP contribution in [0.5, 0.6) is 0 Å². The van der Waals surface area contributed by atoms with E-state index in [1.165, 1.54) is 11.3 Å². The molecule has 5 nitrogen and oxygen atoms in total. The summed E-state index contributed by atoms with van der Waals surface area (Å²) in [4.78, 5) is 31.9. The van der Waals surface area contributed by atoms with Crippen LogP contribution in [0.2, 0.25) is 0 Å². The first-order valence-corrected chi connectivity index (χ1v) is 8.34. The van der Waals surface area contributed by atoms with E-state index in [1.807, 2.05) is 44.2 Å². The molecule has 1 saturated heterocycles. The SMILES string of the molecule is Cc1nc(NC(=O)[C@H]2CC(=O)N(C)[C@@H]2c2ccccc2)sc1C. The Morgan fingerprint density at radius 3 is 2.61 bits per heavy atom. The van der Waals surface area contributed by atoms with E-state index in [0.717, 1.165) is 16.1 Å². The van der Waals surface area contributed by atoms with Gasteiger partial charge in [0.1, 0.15) is 0 Å². The maximum absolute atomic E-state index is 12.7. The van der Waals surface area contributed by atoms with Gasteiger partial charge in [-0.1, -0.05) is 30.3 Å². The fourth-order valence-electron chi connectivity index (χ4n) is 2.94. The van der Waals surface area contributed by atoms with Crippen molar-refractivity contribution in [2.75, 3.05) is 12.4 Å². The minimum Gasteiger partial charge on any atom is -0.338 e. The largest absolute Gasteiger partial charge is 0.338 e. The molecule has 1 aliphatic rings. The second kappa shape index (κ2) is 6.12. The van der Waals surface area contributed by atoms with Crippen LogP contribution in [0.25, 0.3) is 0 Å². The standard InChI is InChI=1S/C17H19N3O2S/c1-10-11(2)23-17(18-10)19-16(22)13-9-14(21)20(3)15(13)12-7-5-4-6-8-12/h4-8,13,15H,9H2,1-3H3,(H,18,19,22)/t13-,15+/m0/s1. The molecule has 2 heterocycles. The molecule has 0 unspecified atom stereocenters. The first-order chi connectivity index (χ1) is 11.0. The lowest BCUT2D eigenvalue weighted by molar-refractivity contribution is -0.127. The molecule has 2 aromatic rings. The maximum Gasteiger partial charge on any atom is 0.232 e. The van der Waals surface area contributed by atoms with Crippen LogP contribution in [0.1, 0.15) is 28.6 Å². The molecule has 23 heavy (non-hydrogen) atoms. The van der Waals surface area contributed by atoms with Gasteiger partial charge in [-0.05, 0) is 19.4 Å². The second-order valence-electron chi connectivity index (χ2n) is 5.82. The van der Waals surface area contributed by atoms with Gasteiger partial charge in [0.15, 0.2) is 5.13 Å². The van der Waals surface area contributed by atoms with Crippen molar-refractivity contribution in [3.63, 3.8) is 0 Å². The molecule has 0 spiro atoms. The zero-order valence-electron chi connectivity index (χ0n) is 13.4. The Kier molecular flexibility index (Phi) is 4.17. The van der Waals surface area contributed by atoms with Crippen molar-refractivity contribution in [1.29, 1.82) is 0 Å². The first kappa shape index (κ1) is 15.7. The third-order valence-corrected chi connectivity index (χ3v) is 5.31. The van der Waals surface area contributed by atoms with Crippen molar-refractivity contribution in [2.45, 2.75) is 26.3 Å². The number of hydrogen-bond acceptors (Lipinski definition) is 4. The molecule has 1 fully saturated rings. The van der Waals surface area contributed by atoms with Crippen molar-refractivity contribution < 1.29 is 9.59 Å². The van der Waals surface area contributed by atoms with Gasteiger partial charge < -0.3 is 10.2 Å². The lowest BCUT2D eigenvalue weighted by Gasteiger charge is -2.24. The van der Waals surface area contributed by atoms with Crippen molar-refractivity contribution in [1.82, 2.24) is 9.88 Å². The number of carbonyl (C=O) groups excluding carboxylic acids is 2. The van der Waals surface area contributed by atoms with E-state index in [1.54, 1.807) is 11.9 Å². The van der Waals surface area contributed by atoms with E-state index < -0.39 is 5.92 Å². The Morgan fingerprint density at radius 2 is 2.00 bits per heavy atom. The molecule has 1 N–H and O–H groups in total. The zero-order valence-corrected chi connectivity index (χ0v) is 14.2. The number of carbonyl (C=O) groups is 2. The number of aromatic nitrogens is 1. The Morgan fingerprint density at radius 1 is 1.30 bits per heavy atom. The summed E-state index contributed by atoms with van der Waals surface area (Å²) in [6, 6.07) is 9.46. The number of nitrogens with zero attached hydrogens (tertiary/aromatic N) is 2. The summed E-state index contributed by atoms with van der Waals surface area (Å²) in [7, 11) is 1.75. The summed E-state index contributed by atoms with van der Waals surface area (Å²) in [6.07, 6.45) is 0.227. The van der Waals surface area contributed by atoms with Gasteiger partial charge in [0.05, 0.1) is 17.7 Å². The molecule has 0 bridgehead atoms. The van der Waals surface area contributed by atoms with E-state index >= 15 is 0 Å². The second-order valence-corrected chi connectivity index (χ2v) is 7.02. The Labute approximate surface area is 139 Å². The van der Waals surface area contributed by atoms with E-state index in [9.17, 15) is 9.59 Å². The predicted molar refractivity (Wildman–Crippen MR) is 90.3 cm³/mol. The molecule has 0 aliphatic carbocycles. The lowest BCUT2D eigenvalue weighted by Crippen LogP contribution is -2.29. The summed E-state index contributed by atoms with van der Waals surface area (Å²) in [6.45, 7) is 3.89. The van der Waals surface area contributed by atoms with E-state index in [-0.39, 0.29) is 24.3 Å². The summed E-state index contributed by atoms with van der Waals surface area (Å²) in [5.41, 5.74) is 1.90. The van der Waals surface area contributed by atoms with E-state index in [4.69, 9.17) is 0 Å². The van der Waals surface area contributed by atoms with Crippen molar-refractivity contribution in [3.05, 3.63) is 46.5 Å². The molecular weight excluding hydrogens is 310 g/mol. The third-order valence-electron chi connectivity index (χ3n) is 4.32. The predicted octanol–water partition coefficient (Wildman–Crippen LogP) is 2.92. The minimum atomic E-state index is -0.403. The topological polar surface area (TPSA) is 62.3 Å². The fraction of sp³-hybridized carbons (Fsp3) is 0.353. The Bertz CT molecular complexity index is 722. The fourth-order valence-corrected chi connectivity index (χ4v) is 3.75. The molecule has 1 aromatic heterocycles. The summed E-state index contributed by atoms with van der Waals surface area (Å²) >= 11 is 1.46. The van der Waals surface area contributed by atoms with Crippen molar-refractivity contribution in [2.24, 2.45) is 5.92 Å². The lowest BCUT2D eigenvalue weighted by atomic mass is 9.93. The quantitative estimate of drug-likeness (QED) is 0.942. The van der Waals surface area contributed by atoms with Gasteiger partial charge in [-0.25, -0.2) is 4.98 Å².